The van der Waals surface area contributed by atoms with Gasteiger partial charge in [0, 0.05) is 54.4 Å². The number of Topliss-reactive ketones (excluding diaryl/α,β-unsaturated/α-hetero) is 1. The van der Waals surface area contributed by atoms with Crippen molar-refractivity contribution in [2.75, 3.05) is 47.9 Å². The lowest BCUT2D eigenvalue weighted by Crippen LogP contribution is -2.28. The molecule has 0 N–H and O–H groups in total. The Balaban J connectivity index is -0.00000105. The van der Waals surface area contributed by atoms with Crippen LogP contribution in [-0.2, 0) is 57.3 Å². The van der Waals surface area contributed by atoms with Gasteiger partial charge in [0.2, 0.25) is 24.5 Å². The fourth-order valence-electron chi connectivity index (χ4n) is 5.84. The first-order chi connectivity index (χ1) is 45.2. The van der Waals surface area contributed by atoms with E-state index >= 15 is 0 Å². The molecule has 0 spiro atoms. The second kappa shape index (κ2) is 49.9. The number of carbonyl (C=O) groups is 10. The first-order valence-electron chi connectivity index (χ1n) is 26.4. The molecule has 0 bridgehead atoms. The molecular weight excluding hydrogens is 1740 g/mol. The van der Waals surface area contributed by atoms with Crippen molar-refractivity contribution in [1.82, 2.24) is 0 Å². The van der Waals surface area contributed by atoms with Gasteiger partial charge in [-0.25, -0.2) is 4.39 Å². The number of rotatable bonds is 19. The standard InChI is InChI=1S/C11H7BrO.C10H11BrO4.C8H7ClO2.C8H7ClO.C7H4BrFO.C7H11F3O5S.C5H8O5S.C3H2BrF3O.C2H3BrO/c12-11(13)10-7-3-5-8-4-1-2-6-9(8)10;1-13-7-4-6(10(11)12)5-8(14-2)9(7)15-3;1-11-7-4-2-6(3-5-7)8(9)10;1-6-2-4-7(5-3-6)8(9)10;8-7(10)5-2-1-3-6(9)4-5;1-2-14-5-3-4-6(11)15-16(12,13)7(8,9)10;1-4(6)3-5(7)10-11(2,8)9;4-2(8)1-3(5,6)7;1-2(3)4/h1-7H;4-5H,1-3H3;2-5H,1H3;2-5H,1H3;1-4H;2-5H2,1H3;3H2,1-2H3;1H2;1H3. The summed E-state index contributed by atoms with van der Waals surface area (Å²) >= 11 is 23.8. The van der Waals surface area contributed by atoms with Gasteiger partial charge in [-0.05, 0) is 208 Å². The summed E-state index contributed by atoms with van der Waals surface area (Å²) in [5.74, 6) is -1.22. The van der Waals surface area contributed by atoms with Crippen molar-refractivity contribution >= 4 is 186 Å². The van der Waals surface area contributed by atoms with E-state index in [-0.39, 0.29) is 31.8 Å². The number of halogens is 14. The maximum atomic E-state index is 12.4. The smallest absolute Gasteiger partial charge is 0.497 e. The molecule has 0 fully saturated rings. The lowest BCUT2D eigenvalue weighted by molar-refractivity contribution is -0.146. The van der Waals surface area contributed by atoms with Crippen molar-refractivity contribution in [1.29, 1.82) is 0 Å². The lowest BCUT2D eigenvalue weighted by Gasteiger charge is -2.12. The Hall–Kier alpha value is -6.57. The Morgan fingerprint density at radius 3 is 1.38 bits per heavy atom. The van der Waals surface area contributed by atoms with Crippen molar-refractivity contribution in [3.8, 4) is 23.0 Å². The number of methoxy groups -OCH3 is 4. The number of alkyl halides is 6. The molecule has 0 aromatic heterocycles. The summed E-state index contributed by atoms with van der Waals surface area (Å²) in [5.41, 5.74) is -1.92. The number of ether oxygens (including phenoxy) is 5. The highest BCUT2D eigenvalue weighted by Gasteiger charge is 2.49. The van der Waals surface area contributed by atoms with Gasteiger partial charge >= 0.3 is 43.9 Å². The van der Waals surface area contributed by atoms with Gasteiger partial charge in [0.1, 0.15) is 30.2 Å². The minimum atomic E-state index is -5.83. The van der Waals surface area contributed by atoms with Crippen LogP contribution in [0.5, 0.6) is 23.0 Å². The van der Waals surface area contributed by atoms with Crippen LogP contribution in [0.4, 0.5) is 30.7 Å². The highest BCUT2D eigenvalue weighted by molar-refractivity contribution is 9.19. The summed E-state index contributed by atoms with van der Waals surface area (Å²) in [5, 5.41) is 1.23. The minimum Gasteiger partial charge on any atom is -0.497 e. The number of hydrogen-bond donors (Lipinski definition) is 0. The van der Waals surface area contributed by atoms with Crippen LogP contribution in [0.1, 0.15) is 104 Å². The van der Waals surface area contributed by atoms with Crippen molar-refractivity contribution < 1.29 is 128 Å². The molecular formula is C61H60Br5Cl2F7O21S2. The molecule has 98 heavy (non-hydrogen) atoms. The van der Waals surface area contributed by atoms with E-state index in [1.807, 2.05) is 61.5 Å². The molecule has 0 radical (unpaired) electrons. The Labute approximate surface area is 610 Å². The van der Waals surface area contributed by atoms with Crippen LogP contribution in [0, 0.1) is 12.7 Å². The molecule has 6 aromatic carbocycles. The number of aryl methyl sites for hydroxylation is 1. The van der Waals surface area contributed by atoms with E-state index < -0.39 is 89.9 Å². The maximum absolute atomic E-state index is 12.4. The third-order valence-corrected chi connectivity index (χ3v) is 13.4. The van der Waals surface area contributed by atoms with Crippen LogP contribution in [0.25, 0.3) is 10.8 Å². The highest BCUT2D eigenvalue weighted by atomic mass is 79.9. The largest absolute Gasteiger partial charge is 0.534 e. The van der Waals surface area contributed by atoms with Crippen LogP contribution in [-0.4, -0.2) is 128 Å². The number of hydrogen-bond acceptors (Lipinski definition) is 21. The number of fused-ring (bicyclic) bond motifs is 1. The first kappa shape index (κ1) is 95.6. The molecule has 0 saturated carbocycles. The third-order valence-electron chi connectivity index (χ3n) is 9.88. The van der Waals surface area contributed by atoms with Gasteiger partial charge in [0.05, 0.1) is 34.7 Å². The Kier molecular flexibility index (Phi) is 48.7. The average molecular weight is 1800 g/mol. The fraction of sp³-hybridized carbons (Fsp3) is 0.279. The van der Waals surface area contributed by atoms with Gasteiger partial charge in [-0.1, -0.05) is 66.2 Å². The minimum absolute atomic E-state index is 0.0208. The van der Waals surface area contributed by atoms with Crippen LogP contribution in [0.15, 0.2) is 127 Å². The van der Waals surface area contributed by atoms with E-state index in [9.17, 15) is 95.5 Å². The van der Waals surface area contributed by atoms with Gasteiger partial charge in [0.15, 0.2) is 16.2 Å². The van der Waals surface area contributed by atoms with Crippen molar-refractivity contribution in [2.45, 2.75) is 65.1 Å². The Morgan fingerprint density at radius 2 is 1.02 bits per heavy atom. The average Bonchev–Trinajstić information content (AvgIpc) is 0.841. The predicted molar refractivity (Wildman–Crippen MR) is 368 cm³/mol. The SMILES string of the molecule is CC(=O)Br.CC(=O)CC(=O)OS(C)(=O)=O.CCOCCCC(=O)OS(=O)(=O)C(F)(F)F.COc1cc(C(=O)Br)cc(OC)c1OC.COc1ccc(C(=O)Cl)cc1.Cc1ccc(C(=O)Cl)cc1.O=C(Br)CC(F)(F)F.O=C(Br)c1cccc(F)c1.O=C(Br)c1cccc2ccccc12. The Morgan fingerprint density at radius 1 is 0.551 bits per heavy atom. The molecule has 21 nitrogen and oxygen atoms in total. The highest BCUT2D eigenvalue weighted by Crippen LogP contribution is 2.38. The second-order valence-corrected chi connectivity index (χ2v) is 25.7. The molecule has 0 saturated heterocycles. The molecule has 0 atom stereocenters. The topological polar surface area (TPSA) is 304 Å². The summed E-state index contributed by atoms with van der Waals surface area (Å²) in [7, 11) is -3.52. The molecule has 0 aliphatic rings. The first-order valence-corrected chi connectivity index (χ1v) is 34.3. The number of benzene rings is 6. The number of carbonyl (C=O) groups excluding carboxylic acids is 10. The van der Waals surface area contributed by atoms with E-state index in [2.05, 4.69) is 88.0 Å². The predicted octanol–water partition coefficient (Wildman–Crippen LogP) is 15.9. The van der Waals surface area contributed by atoms with Crippen molar-refractivity contribution in [3.63, 3.8) is 0 Å². The van der Waals surface area contributed by atoms with E-state index in [1.54, 1.807) is 68.6 Å². The zero-order valence-corrected chi connectivity index (χ0v) is 63.6. The van der Waals surface area contributed by atoms with E-state index in [0.29, 0.717) is 51.9 Å². The molecule has 0 aliphatic carbocycles. The van der Waals surface area contributed by atoms with Gasteiger partial charge < -0.3 is 32.1 Å². The number of ketones is 1. The van der Waals surface area contributed by atoms with Crippen LogP contribution >= 0.6 is 103 Å². The maximum Gasteiger partial charge on any atom is 0.534 e. The lowest BCUT2D eigenvalue weighted by atomic mass is 10.1. The molecule has 0 heterocycles. The van der Waals surface area contributed by atoms with Gasteiger partial charge in [-0.15, -0.1) is 0 Å². The Bertz CT molecular complexity index is 3800. The molecule has 37 heteroatoms. The molecule has 0 amide bonds. The second-order valence-electron chi connectivity index (χ2n) is 17.7. The molecule has 0 aliphatic heterocycles. The fourth-order valence-corrected chi connectivity index (χ4v) is 8.05. The summed E-state index contributed by atoms with van der Waals surface area (Å²) in [6.07, 6.45) is -5.89. The zero-order valence-electron chi connectivity index (χ0n) is 52.5. The van der Waals surface area contributed by atoms with Gasteiger partial charge in [-0.2, -0.15) is 43.2 Å². The zero-order chi connectivity index (χ0) is 76.3. The van der Waals surface area contributed by atoms with Gasteiger partial charge in [-0.3, -0.25) is 47.9 Å². The molecule has 6 rings (SSSR count). The summed E-state index contributed by atoms with van der Waals surface area (Å²) in [6, 6.07) is 36.0. The summed E-state index contributed by atoms with van der Waals surface area (Å²) in [6.45, 7) is 6.83. The third kappa shape index (κ3) is 46.7. The van der Waals surface area contributed by atoms with E-state index in [0.717, 1.165) is 28.2 Å². The van der Waals surface area contributed by atoms with E-state index in [4.69, 9.17) is 46.9 Å². The van der Waals surface area contributed by atoms with Crippen LogP contribution < -0.4 is 18.9 Å². The molecule has 540 valence electrons. The van der Waals surface area contributed by atoms with Crippen molar-refractivity contribution in [3.05, 3.63) is 167 Å². The van der Waals surface area contributed by atoms with Crippen LogP contribution in [0.3, 0.4) is 0 Å². The summed E-state index contributed by atoms with van der Waals surface area (Å²) in [4.78, 5) is 104. The molecule has 6 aromatic rings. The quantitative estimate of drug-likeness (QED) is 0.0182. The van der Waals surface area contributed by atoms with Gasteiger partial charge in [0.25, 0.3) is 10.5 Å². The normalized spacial score (nSPS) is 10.2. The molecule has 0 unspecified atom stereocenters. The van der Waals surface area contributed by atoms with Crippen LogP contribution in [0.2, 0.25) is 0 Å². The summed E-state index contributed by atoms with van der Waals surface area (Å²) < 4.78 is 153. The van der Waals surface area contributed by atoms with E-state index in [1.165, 1.54) is 53.4 Å². The monoisotopic (exact) mass is 1790 g/mol. The van der Waals surface area contributed by atoms with Crippen molar-refractivity contribution in [2.24, 2.45) is 0 Å².